The molecule has 0 bridgehead atoms. The maximum absolute atomic E-state index is 13.3. The van der Waals surface area contributed by atoms with Crippen molar-refractivity contribution in [3.8, 4) is 22.4 Å². The molecule has 0 unspecified atom stereocenters. The Morgan fingerprint density at radius 2 is 1.39 bits per heavy atom. The molecule has 7 nitrogen and oxygen atoms in total. The Morgan fingerprint density at radius 1 is 0.750 bits per heavy atom. The second-order valence-corrected chi connectivity index (χ2v) is 7.94. The van der Waals surface area contributed by atoms with E-state index in [1.54, 1.807) is 31.2 Å². The third kappa shape index (κ3) is 5.58. The molecule has 0 aliphatic carbocycles. The highest BCUT2D eigenvalue weighted by atomic mass is 16.5. The molecule has 0 atom stereocenters. The van der Waals surface area contributed by atoms with E-state index in [1.165, 1.54) is 0 Å². The maximum Gasteiger partial charge on any atom is 0.342 e. The first-order valence-electron chi connectivity index (χ1n) is 11.8. The van der Waals surface area contributed by atoms with Crippen molar-refractivity contribution >= 4 is 23.4 Å². The van der Waals surface area contributed by atoms with Crippen LogP contribution >= 0.6 is 0 Å². The molecule has 36 heavy (non-hydrogen) atoms. The molecule has 1 heterocycles. The Bertz CT molecular complexity index is 1320. The van der Waals surface area contributed by atoms with Gasteiger partial charge in [0.25, 0.3) is 0 Å². The van der Waals surface area contributed by atoms with E-state index in [-0.39, 0.29) is 24.0 Å². The fourth-order valence-electron chi connectivity index (χ4n) is 3.71. The molecule has 0 amide bonds. The van der Waals surface area contributed by atoms with Crippen LogP contribution in [0.4, 0.5) is 11.5 Å². The molecule has 1 N–H and O–H groups in total. The van der Waals surface area contributed by atoms with Gasteiger partial charge in [-0.3, -0.25) is 0 Å². The van der Waals surface area contributed by atoms with E-state index < -0.39 is 5.97 Å². The van der Waals surface area contributed by atoms with Gasteiger partial charge in [-0.15, -0.1) is 10.2 Å². The Kier molecular flexibility index (Phi) is 8.03. The molecule has 0 saturated heterocycles. The molecule has 3 aromatic carbocycles. The number of esters is 2. The highest BCUT2D eigenvalue weighted by Crippen LogP contribution is 2.37. The van der Waals surface area contributed by atoms with Gasteiger partial charge in [0.05, 0.1) is 18.8 Å². The zero-order valence-corrected chi connectivity index (χ0v) is 20.2. The third-order valence-electron chi connectivity index (χ3n) is 5.38. The van der Waals surface area contributed by atoms with Gasteiger partial charge >= 0.3 is 11.9 Å². The van der Waals surface area contributed by atoms with Gasteiger partial charge in [-0.2, -0.15) is 0 Å². The molecule has 4 rings (SSSR count). The standard InChI is InChI=1S/C29H27N3O4/c1-3-19-36-28(33)22-15-17-23(18-16-22)30-27-25(29(34)35-4-2)24(20-11-7-5-8-12-20)26(31-32-27)21-13-9-6-10-14-21/h5-18H,3-4,19H2,1-2H3,(H,30,32). The lowest BCUT2D eigenvalue weighted by Crippen LogP contribution is -2.14. The van der Waals surface area contributed by atoms with E-state index >= 15 is 0 Å². The summed E-state index contributed by atoms with van der Waals surface area (Å²) in [5.41, 5.74) is 4.19. The van der Waals surface area contributed by atoms with Crippen molar-refractivity contribution < 1.29 is 19.1 Å². The average molecular weight is 482 g/mol. The number of ether oxygens (including phenoxy) is 2. The fourth-order valence-corrected chi connectivity index (χ4v) is 3.71. The highest BCUT2D eigenvalue weighted by molar-refractivity contribution is 6.05. The summed E-state index contributed by atoms with van der Waals surface area (Å²) in [5.74, 6) is -0.632. The number of benzene rings is 3. The number of nitrogens with one attached hydrogen (secondary N) is 1. The molecule has 0 saturated carbocycles. The topological polar surface area (TPSA) is 90.4 Å². The molecule has 182 valence electrons. The van der Waals surface area contributed by atoms with Crippen LogP contribution in [0.25, 0.3) is 22.4 Å². The summed E-state index contributed by atoms with van der Waals surface area (Å²) in [6.45, 7) is 4.28. The van der Waals surface area contributed by atoms with Crippen molar-refractivity contribution in [3.63, 3.8) is 0 Å². The SMILES string of the molecule is CCCOC(=O)c1ccc(Nc2nnc(-c3ccccc3)c(-c3ccccc3)c2C(=O)OCC)cc1. The molecular weight excluding hydrogens is 454 g/mol. The number of nitrogens with zero attached hydrogens (tertiary/aromatic N) is 2. The van der Waals surface area contributed by atoms with Crippen LogP contribution in [0, 0.1) is 0 Å². The predicted molar refractivity (Wildman–Crippen MR) is 139 cm³/mol. The monoisotopic (exact) mass is 481 g/mol. The van der Waals surface area contributed by atoms with E-state index in [4.69, 9.17) is 9.47 Å². The lowest BCUT2D eigenvalue weighted by molar-refractivity contribution is 0.0502. The van der Waals surface area contributed by atoms with Crippen molar-refractivity contribution in [3.05, 3.63) is 96.1 Å². The van der Waals surface area contributed by atoms with Crippen LogP contribution in [-0.4, -0.2) is 35.3 Å². The normalized spacial score (nSPS) is 10.5. The first-order chi connectivity index (χ1) is 17.6. The molecule has 0 fully saturated rings. The predicted octanol–water partition coefficient (Wildman–Crippen LogP) is 6.30. The van der Waals surface area contributed by atoms with E-state index in [0.717, 1.165) is 17.5 Å². The van der Waals surface area contributed by atoms with E-state index in [1.807, 2.05) is 67.6 Å². The van der Waals surface area contributed by atoms with Gasteiger partial charge < -0.3 is 14.8 Å². The van der Waals surface area contributed by atoms with Crippen LogP contribution < -0.4 is 5.32 Å². The Hall–Kier alpha value is -4.52. The number of hydrogen-bond donors (Lipinski definition) is 1. The summed E-state index contributed by atoms with van der Waals surface area (Å²) in [4.78, 5) is 25.4. The highest BCUT2D eigenvalue weighted by Gasteiger charge is 2.25. The summed E-state index contributed by atoms with van der Waals surface area (Å²) in [6, 6.07) is 25.9. The largest absolute Gasteiger partial charge is 0.462 e. The van der Waals surface area contributed by atoms with E-state index in [0.29, 0.717) is 29.1 Å². The summed E-state index contributed by atoms with van der Waals surface area (Å²) in [7, 11) is 0. The summed E-state index contributed by atoms with van der Waals surface area (Å²) < 4.78 is 10.6. The van der Waals surface area contributed by atoms with Gasteiger partial charge in [-0.1, -0.05) is 67.6 Å². The van der Waals surface area contributed by atoms with Crippen LogP contribution in [0.15, 0.2) is 84.9 Å². The van der Waals surface area contributed by atoms with Gasteiger partial charge in [-0.05, 0) is 43.2 Å². The first-order valence-corrected chi connectivity index (χ1v) is 11.8. The Labute approximate surface area is 210 Å². The van der Waals surface area contributed by atoms with Gasteiger partial charge in [-0.25, -0.2) is 9.59 Å². The average Bonchev–Trinajstić information content (AvgIpc) is 2.93. The van der Waals surface area contributed by atoms with Crippen molar-refractivity contribution in [2.75, 3.05) is 18.5 Å². The van der Waals surface area contributed by atoms with Crippen molar-refractivity contribution in [2.45, 2.75) is 20.3 Å². The lowest BCUT2D eigenvalue weighted by atomic mass is 9.95. The fraction of sp³-hybridized carbons (Fsp3) is 0.172. The van der Waals surface area contributed by atoms with E-state index in [2.05, 4.69) is 15.5 Å². The Balaban J connectivity index is 1.81. The quantitative estimate of drug-likeness (QED) is 0.281. The van der Waals surface area contributed by atoms with Crippen LogP contribution in [-0.2, 0) is 9.47 Å². The Morgan fingerprint density at radius 3 is 2.00 bits per heavy atom. The summed E-state index contributed by atoms with van der Waals surface area (Å²) in [5, 5.41) is 12.1. The molecule has 0 aliphatic rings. The minimum atomic E-state index is -0.509. The van der Waals surface area contributed by atoms with Gasteiger partial charge in [0.1, 0.15) is 11.3 Å². The van der Waals surface area contributed by atoms with Crippen molar-refractivity contribution in [1.29, 1.82) is 0 Å². The lowest BCUT2D eigenvalue weighted by Gasteiger charge is -2.17. The zero-order valence-electron chi connectivity index (χ0n) is 20.2. The van der Waals surface area contributed by atoms with Crippen LogP contribution in [0.5, 0.6) is 0 Å². The first kappa shape index (κ1) is 24.6. The maximum atomic E-state index is 13.3. The van der Waals surface area contributed by atoms with E-state index in [9.17, 15) is 9.59 Å². The number of hydrogen-bond acceptors (Lipinski definition) is 7. The molecule has 4 aromatic rings. The smallest absolute Gasteiger partial charge is 0.342 e. The number of carbonyl (C=O) groups is 2. The molecule has 7 heteroatoms. The molecule has 0 spiro atoms. The second-order valence-electron chi connectivity index (χ2n) is 7.94. The van der Waals surface area contributed by atoms with Crippen molar-refractivity contribution in [2.24, 2.45) is 0 Å². The number of carbonyl (C=O) groups excluding carboxylic acids is 2. The van der Waals surface area contributed by atoms with Crippen LogP contribution in [0.1, 0.15) is 41.0 Å². The number of rotatable bonds is 9. The summed E-state index contributed by atoms with van der Waals surface area (Å²) >= 11 is 0. The minimum Gasteiger partial charge on any atom is -0.462 e. The molecule has 0 radical (unpaired) electrons. The zero-order chi connectivity index (χ0) is 25.3. The van der Waals surface area contributed by atoms with Crippen LogP contribution in [0.2, 0.25) is 0 Å². The molecule has 1 aromatic heterocycles. The van der Waals surface area contributed by atoms with Crippen molar-refractivity contribution in [1.82, 2.24) is 10.2 Å². The number of anilines is 2. The number of aromatic nitrogens is 2. The second kappa shape index (κ2) is 11.8. The third-order valence-corrected chi connectivity index (χ3v) is 5.38. The minimum absolute atomic E-state index is 0.212. The summed E-state index contributed by atoms with van der Waals surface area (Å²) in [6.07, 6.45) is 0.753. The molecular formula is C29H27N3O4. The van der Waals surface area contributed by atoms with Gasteiger partial charge in [0.2, 0.25) is 0 Å². The van der Waals surface area contributed by atoms with Crippen LogP contribution in [0.3, 0.4) is 0 Å². The van der Waals surface area contributed by atoms with Gasteiger partial charge in [0, 0.05) is 16.8 Å². The van der Waals surface area contributed by atoms with Gasteiger partial charge in [0.15, 0.2) is 5.82 Å². The molecule has 0 aliphatic heterocycles.